The average molecular weight is 278 g/mol. The first kappa shape index (κ1) is 13.0. The first-order chi connectivity index (χ1) is 10.2. The fourth-order valence-corrected chi connectivity index (χ4v) is 4.23. The van der Waals surface area contributed by atoms with E-state index < -0.39 is 0 Å². The highest BCUT2D eigenvalue weighted by Crippen LogP contribution is 2.46. The van der Waals surface area contributed by atoms with Crippen LogP contribution >= 0.6 is 0 Å². The molecule has 21 heavy (non-hydrogen) atoms. The number of benzene rings is 1. The lowest BCUT2D eigenvalue weighted by Crippen LogP contribution is -2.56. The number of hydrogen-bond donors (Lipinski definition) is 1. The minimum Gasteiger partial charge on any atom is -0.313 e. The van der Waals surface area contributed by atoms with Crippen LogP contribution in [-0.2, 0) is 11.8 Å². The molecule has 2 bridgehead atoms. The minimum absolute atomic E-state index is 0.307. The Labute approximate surface area is 126 Å². The summed E-state index contributed by atoms with van der Waals surface area (Å²) < 4.78 is 0. The number of hydrogen-bond acceptors (Lipinski definition) is 2. The summed E-state index contributed by atoms with van der Waals surface area (Å²) in [5, 5.41) is 3.70. The van der Waals surface area contributed by atoms with Crippen molar-refractivity contribution < 1.29 is 0 Å². The second-order valence-electron chi connectivity index (χ2n) is 6.83. The van der Waals surface area contributed by atoms with E-state index in [0.29, 0.717) is 17.4 Å². The van der Waals surface area contributed by atoms with Crippen LogP contribution in [0.5, 0.6) is 0 Å². The number of nitrogens with one attached hydrogen (secondary N) is 1. The van der Waals surface area contributed by atoms with Crippen molar-refractivity contribution in [2.24, 2.45) is 5.92 Å². The minimum atomic E-state index is 0.307. The smallest absolute Gasteiger partial charge is 0.0346 e. The Hall–Kier alpha value is -1.67. The monoisotopic (exact) mass is 278 g/mol. The molecule has 1 aliphatic carbocycles. The van der Waals surface area contributed by atoms with E-state index in [2.05, 4.69) is 48.4 Å². The Morgan fingerprint density at radius 2 is 2.14 bits per heavy atom. The number of aromatic nitrogens is 1. The van der Waals surface area contributed by atoms with Gasteiger partial charge in [0.15, 0.2) is 0 Å². The third-order valence-electron chi connectivity index (χ3n) is 5.82. The predicted octanol–water partition coefficient (Wildman–Crippen LogP) is 3.56. The zero-order valence-electron chi connectivity index (χ0n) is 12.8. The molecule has 3 atom stereocenters. The predicted molar refractivity (Wildman–Crippen MR) is 86.3 cm³/mol. The molecule has 2 heteroatoms. The van der Waals surface area contributed by atoms with Crippen molar-refractivity contribution in [1.82, 2.24) is 10.3 Å². The van der Waals surface area contributed by atoms with Gasteiger partial charge in [-0.3, -0.25) is 4.98 Å². The Balaban J connectivity index is 1.85. The van der Waals surface area contributed by atoms with Gasteiger partial charge in [-0.05, 0) is 59.0 Å². The Bertz CT molecular complexity index is 665. The second kappa shape index (κ2) is 4.67. The first-order valence-electron chi connectivity index (χ1n) is 7.96. The van der Waals surface area contributed by atoms with Crippen molar-refractivity contribution >= 4 is 0 Å². The standard InChI is InChI=1S/C19H22N2/c1-13-18-11-15-6-5-14(16-4-3-8-20-12-16)10-17(15)19(13,2)7-9-21-18/h3-6,8,10,12-13,18,21H,7,9,11H2,1-2H3/t13-,18-,19-/m1/s1. The van der Waals surface area contributed by atoms with Gasteiger partial charge in [-0.1, -0.05) is 38.1 Å². The summed E-state index contributed by atoms with van der Waals surface area (Å²) in [5.74, 6) is 0.697. The maximum atomic E-state index is 4.26. The van der Waals surface area contributed by atoms with E-state index in [4.69, 9.17) is 0 Å². The van der Waals surface area contributed by atoms with Gasteiger partial charge in [0.25, 0.3) is 0 Å². The molecule has 1 fully saturated rings. The maximum Gasteiger partial charge on any atom is 0.0346 e. The molecule has 2 heterocycles. The van der Waals surface area contributed by atoms with Gasteiger partial charge >= 0.3 is 0 Å². The van der Waals surface area contributed by atoms with E-state index in [-0.39, 0.29) is 0 Å². The van der Waals surface area contributed by atoms with Crippen LogP contribution in [0.25, 0.3) is 11.1 Å². The van der Waals surface area contributed by atoms with Crippen LogP contribution < -0.4 is 5.32 Å². The second-order valence-corrected chi connectivity index (χ2v) is 6.83. The van der Waals surface area contributed by atoms with E-state index in [0.717, 1.165) is 6.54 Å². The number of rotatable bonds is 1. The normalized spacial score (nSPS) is 30.8. The molecule has 1 aromatic heterocycles. The van der Waals surface area contributed by atoms with Gasteiger partial charge < -0.3 is 5.32 Å². The van der Waals surface area contributed by atoms with Crippen molar-refractivity contribution in [2.75, 3.05) is 6.54 Å². The lowest BCUT2D eigenvalue weighted by Gasteiger charge is -2.50. The maximum absolute atomic E-state index is 4.26. The molecule has 1 aromatic carbocycles. The third kappa shape index (κ3) is 1.93. The van der Waals surface area contributed by atoms with Gasteiger partial charge in [0.1, 0.15) is 0 Å². The summed E-state index contributed by atoms with van der Waals surface area (Å²) in [6.45, 7) is 6.01. The highest BCUT2D eigenvalue weighted by atomic mass is 14.9. The zero-order valence-corrected chi connectivity index (χ0v) is 12.8. The van der Waals surface area contributed by atoms with Crippen LogP contribution in [0.2, 0.25) is 0 Å². The van der Waals surface area contributed by atoms with Crippen molar-refractivity contribution in [3.05, 3.63) is 53.9 Å². The summed E-state index contributed by atoms with van der Waals surface area (Å²) >= 11 is 0. The molecule has 0 spiro atoms. The van der Waals surface area contributed by atoms with Crippen molar-refractivity contribution in [3.63, 3.8) is 0 Å². The Kier molecular flexibility index (Phi) is 2.90. The van der Waals surface area contributed by atoms with Gasteiger partial charge in [0, 0.05) is 18.4 Å². The number of fused-ring (bicyclic) bond motifs is 4. The molecule has 1 saturated heterocycles. The summed E-state index contributed by atoms with van der Waals surface area (Å²) in [5.41, 5.74) is 5.91. The van der Waals surface area contributed by atoms with E-state index in [9.17, 15) is 0 Å². The van der Waals surface area contributed by atoms with Crippen LogP contribution in [0.4, 0.5) is 0 Å². The number of nitrogens with zero attached hydrogens (tertiary/aromatic N) is 1. The van der Waals surface area contributed by atoms with Crippen LogP contribution in [0.1, 0.15) is 31.4 Å². The molecule has 1 aliphatic heterocycles. The largest absolute Gasteiger partial charge is 0.313 e. The highest BCUT2D eigenvalue weighted by molar-refractivity contribution is 5.65. The molecule has 4 rings (SSSR count). The molecule has 2 aromatic rings. The summed E-state index contributed by atoms with van der Waals surface area (Å²) in [6, 6.07) is 11.8. The molecule has 1 N–H and O–H groups in total. The summed E-state index contributed by atoms with van der Waals surface area (Å²) in [4.78, 5) is 4.26. The van der Waals surface area contributed by atoms with Crippen molar-refractivity contribution in [3.8, 4) is 11.1 Å². The van der Waals surface area contributed by atoms with Gasteiger partial charge in [-0.2, -0.15) is 0 Å². The highest BCUT2D eigenvalue weighted by Gasteiger charge is 2.45. The van der Waals surface area contributed by atoms with Gasteiger partial charge in [-0.15, -0.1) is 0 Å². The molecule has 0 radical (unpaired) electrons. The number of pyridine rings is 1. The molecule has 0 saturated carbocycles. The van der Waals surface area contributed by atoms with E-state index in [1.807, 2.05) is 18.5 Å². The molecule has 2 aliphatic rings. The quantitative estimate of drug-likeness (QED) is 0.862. The first-order valence-corrected chi connectivity index (χ1v) is 7.96. The summed E-state index contributed by atoms with van der Waals surface area (Å²) in [6.07, 6.45) is 6.19. The van der Waals surface area contributed by atoms with Crippen molar-refractivity contribution in [2.45, 2.75) is 38.1 Å². The van der Waals surface area contributed by atoms with Gasteiger partial charge in [0.05, 0.1) is 0 Å². The van der Waals surface area contributed by atoms with Crippen LogP contribution in [0.15, 0.2) is 42.7 Å². The Morgan fingerprint density at radius 3 is 2.95 bits per heavy atom. The molecule has 0 amide bonds. The van der Waals surface area contributed by atoms with Gasteiger partial charge in [-0.25, -0.2) is 0 Å². The SMILES string of the molecule is C[C@@H]1[C@H]2Cc3ccc(-c4cccnc4)cc3[C@]1(C)CCN2. The van der Waals surface area contributed by atoms with Crippen molar-refractivity contribution in [1.29, 1.82) is 0 Å². The molecular formula is C19H22N2. The van der Waals surface area contributed by atoms with E-state index in [1.54, 1.807) is 5.56 Å². The van der Waals surface area contributed by atoms with E-state index >= 15 is 0 Å². The number of piperidine rings is 1. The van der Waals surface area contributed by atoms with Crippen LogP contribution in [0.3, 0.4) is 0 Å². The average Bonchev–Trinajstić information content (AvgIpc) is 2.51. The molecule has 2 nitrogen and oxygen atoms in total. The third-order valence-corrected chi connectivity index (χ3v) is 5.82. The lowest BCUT2D eigenvalue weighted by molar-refractivity contribution is 0.158. The van der Waals surface area contributed by atoms with E-state index in [1.165, 1.54) is 29.5 Å². The fraction of sp³-hybridized carbons (Fsp3) is 0.421. The molecule has 108 valence electrons. The summed E-state index contributed by atoms with van der Waals surface area (Å²) in [7, 11) is 0. The zero-order chi connectivity index (χ0) is 14.4. The lowest BCUT2D eigenvalue weighted by atomic mass is 9.59. The Morgan fingerprint density at radius 1 is 1.24 bits per heavy atom. The molecular weight excluding hydrogens is 256 g/mol. The fourth-order valence-electron chi connectivity index (χ4n) is 4.23. The van der Waals surface area contributed by atoms with Crippen LogP contribution in [0, 0.1) is 5.92 Å². The molecule has 0 unspecified atom stereocenters. The van der Waals surface area contributed by atoms with Crippen LogP contribution in [-0.4, -0.2) is 17.6 Å². The van der Waals surface area contributed by atoms with Gasteiger partial charge in [0.2, 0.25) is 0 Å². The topological polar surface area (TPSA) is 24.9 Å².